The molecule has 0 aromatic carbocycles. The number of anilines is 1. The van der Waals surface area contributed by atoms with Gasteiger partial charge < -0.3 is 15.2 Å². The summed E-state index contributed by atoms with van der Waals surface area (Å²) in [5.41, 5.74) is 6.10. The highest BCUT2D eigenvalue weighted by Crippen LogP contribution is 2.21. The molecule has 0 aliphatic heterocycles. The number of ether oxygens (including phenoxy) is 2. The Balaban J connectivity index is 2.86. The van der Waals surface area contributed by atoms with Crippen molar-refractivity contribution in [1.29, 1.82) is 0 Å². The molecule has 1 aromatic heterocycles. The number of hydrogen-bond donors (Lipinski definition) is 1. The van der Waals surface area contributed by atoms with Crippen molar-refractivity contribution < 1.29 is 9.47 Å². The Labute approximate surface area is 77.7 Å². The minimum absolute atomic E-state index is 0.0980. The summed E-state index contributed by atoms with van der Waals surface area (Å²) >= 11 is 0. The molecule has 13 heavy (non-hydrogen) atoms. The summed E-state index contributed by atoms with van der Waals surface area (Å²) < 4.78 is 10.3. The summed E-state index contributed by atoms with van der Waals surface area (Å²) in [6, 6.07) is 3.43. The maximum Gasteiger partial charge on any atom is 0.240 e. The Morgan fingerprint density at radius 2 is 2.08 bits per heavy atom. The largest absolute Gasteiger partial charge is 0.479 e. The Bertz CT molecular complexity index is 287. The van der Waals surface area contributed by atoms with E-state index in [0.717, 1.165) is 0 Å². The van der Waals surface area contributed by atoms with Crippen LogP contribution in [0.5, 0.6) is 11.8 Å². The molecule has 0 saturated carbocycles. The lowest BCUT2D eigenvalue weighted by atomic mass is 10.4. The molecule has 0 fully saturated rings. The molecule has 0 aliphatic rings. The maximum atomic E-state index is 5.59. The fourth-order valence-electron chi connectivity index (χ4n) is 0.905. The topological polar surface area (TPSA) is 57.4 Å². The van der Waals surface area contributed by atoms with Gasteiger partial charge in [-0.2, -0.15) is 4.98 Å². The van der Waals surface area contributed by atoms with Gasteiger partial charge in [-0.1, -0.05) is 0 Å². The van der Waals surface area contributed by atoms with Gasteiger partial charge in [0.25, 0.3) is 0 Å². The van der Waals surface area contributed by atoms with Crippen molar-refractivity contribution in [2.45, 2.75) is 20.0 Å². The second-order valence-corrected chi connectivity index (χ2v) is 2.91. The van der Waals surface area contributed by atoms with Crippen molar-refractivity contribution >= 4 is 5.69 Å². The highest BCUT2D eigenvalue weighted by Gasteiger charge is 2.04. The molecular weight excluding hydrogens is 168 g/mol. The van der Waals surface area contributed by atoms with E-state index in [-0.39, 0.29) is 6.10 Å². The van der Waals surface area contributed by atoms with Crippen molar-refractivity contribution in [3.63, 3.8) is 0 Å². The van der Waals surface area contributed by atoms with Gasteiger partial charge in [0.15, 0.2) is 0 Å². The van der Waals surface area contributed by atoms with Crippen LogP contribution in [0, 0.1) is 0 Å². The van der Waals surface area contributed by atoms with Gasteiger partial charge in [0.2, 0.25) is 11.8 Å². The van der Waals surface area contributed by atoms with E-state index >= 15 is 0 Å². The molecule has 2 N–H and O–H groups in total. The molecule has 0 saturated heterocycles. The highest BCUT2D eigenvalue weighted by atomic mass is 16.5. The van der Waals surface area contributed by atoms with E-state index in [2.05, 4.69) is 4.98 Å². The molecular formula is C9H14N2O2. The predicted octanol–water partition coefficient (Wildman–Crippen LogP) is 1.46. The van der Waals surface area contributed by atoms with Crippen LogP contribution in [0.4, 0.5) is 5.69 Å². The van der Waals surface area contributed by atoms with E-state index < -0.39 is 0 Å². The Morgan fingerprint density at radius 1 is 1.38 bits per heavy atom. The van der Waals surface area contributed by atoms with Crippen LogP contribution >= 0.6 is 0 Å². The third-order valence-electron chi connectivity index (χ3n) is 1.41. The lowest BCUT2D eigenvalue weighted by Gasteiger charge is -2.10. The molecule has 0 amide bonds. The lowest BCUT2D eigenvalue weighted by molar-refractivity contribution is 0.229. The average Bonchev–Trinajstić information content (AvgIpc) is 2.07. The summed E-state index contributed by atoms with van der Waals surface area (Å²) in [5, 5.41) is 0. The first-order valence-corrected chi connectivity index (χ1v) is 4.10. The van der Waals surface area contributed by atoms with Crippen molar-refractivity contribution in [2.24, 2.45) is 0 Å². The molecule has 0 aliphatic carbocycles. The van der Waals surface area contributed by atoms with Gasteiger partial charge in [-0.3, -0.25) is 0 Å². The molecule has 0 spiro atoms. The van der Waals surface area contributed by atoms with E-state index in [0.29, 0.717) is 17.4 Å². The first-order chi connectivity index (χ1) is 6.13. The summed E-state index contributed by atoms with van der Waals surface area (Å²) in [4.78, 5) is 4.06. The van der Waals surface area contributed by atoms with Gasteiger partial charge in [-0.15, -0.1) is 0 Å². The average molecular weight is 182 g/mol. The number of methoxy groups -OCH3 is 1. The molecule has 72 valence electrons. The zero-order chi connectivity index (χ0) is 9.84. The van der Waals surface area contributed by atoms with Crippen LogP contribution in [0.1, 0.15) is 13.8 Å². The van der Waals surface area contributed by atoms with Gasteiger partial charge in [-0.25, -0.2) is 0 Å². The Morgan fingerprint density at radius 3 is 2.62 bits per heavy atom. The summed E-state index contributed by atoms with van der Waals surface area (Å²) in [5.74, 6) is 0.930. The van der Waals surface area contributed by atoms with Gasteiger partial charge >= 0.3 is 0 Å². The van der Waals surface area contributed by atoms with Gasteiger partial charge in [0.05, 0.1) is 18.9 Å². The van der Waals surface area contributed by atoms with Crippen molar-refractivity contribution in [1.82, 2.24) is 4.98 Å². The predicted molar refractivity (Wildman–Crippen MR) is 51.0 cm³/mol. The molecule has 4 heteroatoms. The Kier molecular flexibility index (Phi) is 2.95. The van der Waals surface area contributed by atoms with Crippen LogP contribution in [0.3, 0.4) is 0 Å². The molecule has 0 atom stereocenters. The molecule has 4 nitrogen and oxygen atoms in total. The number of pyridine rings is 1. The van der Waals surface area contributed by atoms with E-state index in [9.17, 15) is 0 Å². The van der Waals surface area contributed by atoms with E-state index in [1.54, 1.807) is 12.1 Å². The quantitative estimate of drug-likeness (QED) is 0.768. The van der Waals surface area contributed by atoms with Crippen LogP contribution in [0.15, 0.2) is 12.1 Å². The molecule has 0 unspecified atom stereocenters. The van der Waals surface area contributed by atoms with E-state index in [4.69, 9.17) is 15.2 Å². The van der Waals surface area contributed by atoms with Crippen LogP contribution in [-0.4, -0.2) is 18.2 Å². The zero-order valence-corrected chi connectivity index (χ0v) is 8.07. The zero-order valence-electron chi connectivity index (χ0n) is 8.07. The van der Waals surface area contributed by atoms with Crippen LogP contribution in [-0.2, 0) is 0 Å². The first-order valence-electron chi connectivity index (χ1n) is 4.10. The fourth-order valence-corrected chi connectivity index (χ4v) is 0.905. The number of rotatable bonds is 3. The molecule has 1 aromatic rings. The number of aromatic nitrogens is 1. The standard InChI is InChI=1S/C9H14N2O2/c1-6(2)13-8-5-4-7(10)9(11-8)12-3/h4-6H,10H2,1-3H3. The first kappa shape index (κ1) is 9.64. The van der Waals surface area contributed by atoms with E-state index in [1.165, 1.54) is 7.11 Å². The van der Waals surface area contributed by atoms with Crippen molar-refractivity contribution in [3.8, 4) is 11.8 Å². The van der Waals surface area contributed by atoms with Crippen molar-refractivity contribution in [3.05, 3.63) is 12.1 Å². The molecule has 1 heterocycles. The lowest BCUT2D eigenvalue weighted by Crippen LogP contribution is -2.07. The highest BCUT2D eigenvalue weighted by molar-refractivity contribution is 5.49. The summed E-state index contributed by atoms with van der Waals surface area (Å²) in [6.07, 6.45) is 0.0980. The van der Waals surface area contributed by atoms with Gasteiger partial charge in [-0.05, 0) is 19.9 Å². The van der Waals surface area contributed by atoms with Crippen molar-refractivity contribution in [2.75, 3.05) is 12.8 Å². The summed E-state index contributed by atoms with van der Waals surface area (Å²) in [7, 11) is 1.53. The third kappa shape index (κ3) is 2.50. The van der Waals surface area contributed by atoms with E-state index in [1.807, 2.05) is 13.8 Å². The number of hydrogen-bond acceptors (Lipinski definition) is 4. The molecule has 1 rings (SSSR count). The monoisotopic (exact) mass is 182 g/mol. The normalized spacial score (nSPS) is 10.2. The number of nitrogens with two attached hydrogens (primary N) is 1. The second-order valence-electron chi connectivity index (χ2n) is 2.91. The smallest absolute Gasteiger partial charge is 0.240 e. The minimum Gasteiger partial charge on any atom is -0.479 e. The minimum atomic E-state index is 0.0980. The second kappa shape index (κ2) is 3.98. The summed E-state index contributed by atoms with van der Waals surface area (Å²) in [6.45, 7) is 3.87. The molecule has 0 bridgehead atoms. The fraction of sp³-hybridized carbons (Fsp3) is 0.444. The molecule has 0 radical (unpaired) electrons. The van der Waals surface area contributed by atoms with Crippen LogP contribution in [0.25, 0.3) is 0 Å². The number of nitrogens with zero attached hydrogens (tertiary/aromatic N) is 1. The van der Waals surface area contributed by atoms with Crippen LogP contribution in [0.2, 0.25) is 0 Å². The third-order valence-corrected chi connectivity index (χ3v) is 1.41. The number of nitrogen functional groups attached to an aromatic ring is 1. The SMILES string of the molecule is COc1nc(OC(C)C)ccc1N. The van der Waals surface area contributed by atoms with Crippen LogP contribution < -0.4 is 15.2 Å². The van der Waals surface area contributed by atoms with Gasteiger partial charge in [0.1, 0.15) is 0 Å². The van der Waals surface area contributed by atoms with Gasteiger partial charge in [0, 0.05) is 6.07 Å². The maximum absolute atomic E-state index is 5.59. The Hall–Kier alpha value is -1.45.